The minimum absolute atomic E-state index is 0.103. The number of hydrogen-bond donors (Lipinski definition) is 3. The van der Waals surface area contributed by atoms with Crippen molar-refractivity contribution < 1.29 is 18.3 Å². The van der Waals surface area contributed by atoms with Crippen LogP contribution in [0.3, 0.4) is 0 Å². The predicted molar refractivity (Wildman–Crippen MR) is 142 cm³/mol. The van der Waals surface area contributed by atoms with Gasteiger partial charge in [0.2, 0.25) is 11.9 Å². The predicted octanol–water partition coefficient (Wildman–Crippen LogP) is 6.19. The highest BCUT2D eigenvalue weighted by Crippen LogP contribution is 2.48. The van der Waals surface area contributed by atoms with Crippen molar-refractivity contribution in [2.75, 3.05) is 17.2 Å². The molecule has 0 unspecified atom stereocenters. The number of carbonyl (C=O) groups is 1. The number of ether oxygens (including phenoxy) is 1. The minimum atomic E-state index is -3.06. The maximum atomic E-state index is 13.4. The summed E-state index contributed by atoms with van der Waals surface area (Å²) in [5.74, 6) is -2.98. The van der Waals surface area contributed by atoms with Crippen LogP contribution in [0.2, 0.25) is 5.02 Å². The van der Waals surface area contributed by atoms with Crippen LogP contribution >= 0.6 is 23.5 Å². The van der Waals surface area contributed by atoms with Crippen molar-refractivity contribution in [3.8, 4) is 6.01 Å². The fraction of sp³-hybridized carbons (Fsp3) is 0.360. The molecule has 0 spiro atoms. The highest BCUT2D eigenvalue weighted by molar-refractivity contribution is 7.98. The molecule has 3 N–H and O–H groups in total. The molecule has 2 aromatic carbocycles. The second-order valence-corrected chi connectivity index (χ2v) is 11.0. The van der Waals surface area contributed by atoms with Crippen molar-refractivity contribution in [1.29, 1.82) is 0 Å². The second kappa shape index (κ2) is 11.1. The molecule has 0 saturated heterocycles. The van der Waals surface area contributed by atoms with E-state index in [4.69, 9.17) is 16.3 Å². The van der Waals surface area contributed by atoms with Gasteiger partial charge in [-0.15, -0.1) is 0 Å². The Bertz CT molecular complexity index is 1240. The van der Waals surface area contributed by atoms with Crippen LogP contribution in [0.25, 0.3) is 0 Å². The zero-order valence-corrected chi connectivity index (χ0v) is 22.1. The number of nitrogens with one attached hydrogen (secondary N) is 3. The largest absolute Gasteiger partial charge is 0.457 e. The van der Waals surface area contributed by atoms with Crippen LogP contribution in [0.4, 0.5) is 26.4 Å². The summed E-state index contributed by atoms with van der Waals surface area (Å²) < 4.78 is 34.8. The highest BCUT2D eigenvalue weighted by atomic mass is 35.5. The average Bonchev–Trinajstić information content (AvgIpc) is 3.62. The minimum Gasteiger partial charge on any atom is -0.457 e. The van der Waals surface area contributed by atoms with E-state index in [9.17, 15) is 13.6 Å². The molecule has 37 heavy (non-hydrogen) atoms. The molecular weight excluding hydrogens is 522 g/mol. The molecule has 0 bridgehead atoms. The first-order valence-electron chi connectivity index (χ1n) is 11.7. The van der Waals surface area contributed by atoms with Crippen LogP contribution in [0.5, 0.6) is 6.01 Å². The zero-order chi connectivity index (χ0) is 26.6. The molecule has 1 aliphatic rings. The van der Waals surface area contributed by atoms with E-state index in [0.29, 0.717) is 16.3 Å². The van der Waals surface area contributed by atoms with Gasteiger partial charge >= 0.3 is 6.01 Å². The molecule has 0 aliphatic heterocycles. The number of alkyl halides is 2. The van der Waals surface area contributed by atoms with Gasteiger partial charge in [0, 0.05) is 28.4 Å². The van der Waals surface area contributed by atoms with E-state index in [1.807, 2.05) is 38.1 Å². The molecule has 1 saturated carbocycles. The molecule has 0 atom stereocenters. The number of rotatable bonds is 11. The number of carbonyl (C=O) groups excluding carboxylic acids is 1. The van der Waals surface area contributed by atoms with Gasteiger partial charge in [0.25, 0.3) is 11.8 Å². The topological polar surface area (TPSA) is 101 Å². The molecule has 12 heteroatoms. The van der Waals surface area contributed by atoms with E-state index >= 15 is 0 Å². The van der Waals surface area contributed by atoms with Crippen LogP contribution < -0.4 is 20.1 Å². The third-order valence-corrected chi connectivity index (χ3v) is 6.38. The highest BCUT2D eigenvalue weighted by Gasteiger charge is 2.45. The molecule has 196 valence electrons. The first kappa shape index (κ1) is 26.9. The van der Waals surface area contributed by atoms with E-state index in [1.54, 1.807) is 24.3 Å². The number of nitrogens with zero attached hydrogens (tertiary/aromatic N) is 3. The number of anilines is 3. The SMILES string of the molecule is CC(C)SNC(=O)c1ccc(Nc2nc(NC3(c4ccc(Cl)cc4)CC3)nc(OCC(C)(F)F)n2)cc1. The molecule has 3 aromatic rings. The summed E-state index contributed by atoms with van der Waals surface area (Å²) >= 11 is 7.36. The Morgan fingerprint density at radius 2 is 1.73 bits per heavy atom. The Kier molecular flexibility index (Phi) is 8.03. The zero-order valence-electron chi connectivity index (χ0n) is 20.5. The fourth-order valence-electron chi connectivity index (χ4n) is 3.38. The maximum absolute atomic E-state index is 13.4. The summed E-state index contributed by atoms with van der Waals surface area (Å²) in [4.78, 5) is 25.0. The number of amides is 1. The number of aromatic nitrogens is 3. The van der Waals surface area contributed by atoms with E-state index < -0.39 is 18.1 Å². The molecule has 8 nitrogen and oxygen atoms in total. The molecule has 1 fully saturated rings. The Morgan fingerprint density at radius 3 is 2.32 bits per heavy atom. The van der Waals surface area contributed by atoms with Crippen molar-refractivity contribution in [1.82, 2.24) is 19.7 Å². The number of halogens is 3. The van der Waals surface area contributed by atoms with Gasteiger partial charge < -0.3 is 15.4 Å². The van der Waals surface area contributed by atoms with Crippen molar-refractivity contribution in [2.24, 2.45) is 0 Å². The molecule has 1 aromatic heterocycles. The van der Waals surface area contributed by atoms with Crippen molar-refractivity contribution in [3.05, 3.63) is 64.7 Å². The first-order valence-corrected chi connectivity index (χ1v) is 12.9. The Labute approximate surface area is 223 Å². The van der Waals surface area contributed by atoms with Crippen molar-refractivity contribution >= 4 is 47.0 Å². The van der Waals surface area contributed by atoms with Gasteiger partial charge in [0.1, 0.15) is 0 Å². The van der Waals surface area contributed by atoms with Crippen LogP contribution in [-0.4, -0.2) is 38.6 Å². The van der Waals surface area contributed by atoms with Gasteiger partial charge in [-0.2, -0.15) is 15.0 Å². The van der Waals surface area contributed by atoms with Crippen molar-refractivity contribution in [3.63, 3.8) is 0 Å². The lowest BCUT2D eigenvalue weighted by atomic mass is 10.1. The van der Waals surface area contributed by atoms with Gasteiger partial charge in [-0.3, -0.25) is 9.52 Å². The lowest BCUT2D eigenvalue weighted by molar-refractivity contribution is -0.0256. The van der Waals surface area contributed by atoms with Gasteiger partial charge in [-0.1, -0.05) is 37.6 Å². The van der Waals surface area contributed by atoms with E-state index in [1.165, 1.54) is 11.9 Å². The lowest BCUT2D eigenvalue weighted by Gasteiger charge is -2.19. The maximum Gasteiger partial charge on any atom is 0.323 e. The summed E-state index contributed by atoms with van der Waals surface area (Å²) in [7, 11) is 0. The van der Waals surface area contributed by atoms with Crippen LogP contribution in [0.1, 0.15) is 49.5 Å². The quantitative estimate of drug-likeness (QED) is 0.244. The fourth-order valence-corrected chi connectivity index (χ4v) is 3.97. The number of hydrogen-bond acceptors (Lipinski definition) is 8. The van der Waals surface area contributed by atoms with E-state index in [-0.39, 0.29) is 29.1 Å². The van der Waals surface area contributed by atoms with E-state index in [2.05, 4.69) is 30.3 Å². The van der Waals surface area contributed by atoms with Gasteiger partial charge in [0.15, 0.2) is 6.61 Å². The molecule has 0 radical (unpaired) electrons. The van der Waals surface area contributed by atoms with Crippen LogP contribution in [0.15, 0.2) is 48.5 Å². The van der Waals surface area contributed by atoms with Crippen LogP contribution in [-0.2, 0) is 5.54 Å². The Hall–Kier alpha value is -3.18. The first-order chi connectivity index (χ1) is 17.5. The summed E-state index contributed by atoms with van der Waals surface area (Å²) in [6.07, 6.45) is 1.68. The standard InChI is InChI=1S/C25H27ClF2N6O2S/c1-15(2)37-34-20(35)16-4-10-19(11-5-16)29-21-30-22(32-23(31-21)36-14-24(3,27)28)33-25(12-13-25)17-6-8-18(26)9-7-17/h4-11,15H,12-14H2,1-3H3,(H,34,35)(H2,29,30,31,32,33). The molecule has 1 heterocycles. The van der Waals surface area contributed by atoms with Crippen LogP contribution in [0, 0.1) is 0 Å². The molecule has 1 amide bonds. The monoisotopic (exact) mass is 548 g/mol. The third kappa shape index (κ3) is 7.65. The lowest BCUT2D eigenvalue weighted by Crippen LogP contribution is -2.24. The summed E-state index contributed by atoms with van der Waals surface area (Å²) in [6, 6.07) is 13.9. The molecule has 1 aliphatic carbocycles. The molecule has 4 rings (SSSR count). The Morgan fingerprint density at radius 1 is 1.08 bits per heavy atom. The smallest absolute Gasteiger partial charge is 0.323 e. The number of benzene rings is 2. The summed E-state index contributed by atoms with van der Waals surface area (Å²) in [6.45, 7) is 3.84. The summed E-state index contributed by atoms with van der Waals surface area (Å²) in [5, 5.41) is 7.22. The van der Waals surface area contributed by atoms with Crippen molar-refractivity contribution in [2.45, 2.75) is 50.3 Å². The Balaban J connectivity index is 1.53. The summed E-state index contributed by atoms with van der Waals surface area (Å²) in [5.41, 5.74) is 1.71. The van der Waals surface area contributed by atoms with Gasteiger partial charge in [-0.25, -0.2) is 8.78 Å². The normalized spacial score (nSPS) is 14.2. The van der Waals surface area contributed by atoms with E-state index in [0.717, 1.165) is 25.3 Å². The average molecular weight is 549 g/mol. The van der Waals surface area contributed by atoms with Gasteiger partial charge in [-0.05, 0) is 66.8 Å². The second-order valence-electron chi connectivity index (χ2n) is 9.14. The van der Waals surface area contributed by atoms with Gasteiger partial charge in [0.05, 0.1) is 5.54 Å². The third-order valence-electron chi connectivity index (χ3n) is 5.36. The molecular formula is C25H27ClF2N6O2S.